The fraction of sp³-hybridized carbons (Fsp3) is 0.533. The number of rotatable bonds is 2. The van der Waals surface area contributed by atoms with Crippen LogP contribution in [0.15, 0.2) is 22.7 Å². The van der Waals surface area contributed by atoms with Crippen molar-refractivity contribution < 1.29 is 0 Å². The molecule has 1 aliphatic rings. The van der Waals surface area contributed by atoms with Crippen LogP contribution in [0.25, 0.3) is 0 Å². The average molecular weight is 322 g/mol. The Bertz CT molecular complexity index is 481. The van der Waals surface area contributed by atoms with E-state index in [4.69, 9.17) is 5.26 Å². The van der Waals surface area contributed by atoms with Crippen molar-refractivity contribution in [2.75, 3.05) is 18.0 Å². The van der Waals surface area contributed by atoms with Gasteiger partial charge in [-0.15, -0.1) is 0 Å². The molecule has 1 N–H and O–H groups in total. The van der Waals surface area contributed by atoms with Crippen LogP contribution < -0.4 is 10.2 Å². The highest BCUT2D eigenvalue weighted by molar-refractivity contribution is 9.10. The second-order valence-corrected chi connectivity index (χ2v) is 6.05. The Hall–Kier alpha value is -1.05. The molecule has 1 aromatic rings. The molecule has 0 amide bonds. The van der Waals surface area contributed by atoms with Crippen LogP contribution >= 0.6 is 15.9 Å². The van der Waals surface area contributed by atoms with Gasteiger partial charge in [-0.2, -0.15) is 5.26 Å². The molecule has 1 fully saturated rings. The van der Waals surface area contributed by atoms with Gasteiger partial charge in [0.15, 0.2) is 0 Å². The maximum atomic E-state index is 9.05. The molecule has 1 aromatic carbocycles. The summed E-state index contributed by atoms with van der Waals surface area (Å²) in [6, 6.07) is 9.47. The SMILES string of the molecule is Cc1ccc(N2C(C)CCNCC2CC#N)cc1Br. The van der Waals surface area contributed by atoms with Gasteiger partial charge in [0.25, 0.3) is 0 Å². The molecule has 0 aromatic heterocycles. The van der Waals surface area contributed by atoms with Gasteiger partial charge < -0.3 is 10.2 Å². The Kier molecular flexibility index (Phi) is 4.84. The minimum Gasteiger partial charge on any atom is -0.363 e. The zero-order chi connectivity index (χ0) is 13.8. The first-order chi connectivity index (χ1) is 9.13. The molecule has 19 heavy (non-hydrogen) atoms. The summed E-state index contributed by atoms with van der Waals surface area (Å²) in [5.74, 6) is 0. The Balaban J connectivity index is 2.34. The van der Waals surface area contributed by atoms with Gasteiger partial charge in [-0.05, 0) is 44.5 Å². The van der Waals surface area contributed by atoms with Crippen molar-refractivity contribution in [3.05, 3.63) is 28.2 Å². The summed E-state index contributed by atoms with van der Waals surface area (Å²) in [4.78, 5) is 2.40. The number of benzene rings is 1. The van der Waals surface area contributed by atoms with E-state index in [2.05, 4.69) is 64.3 Å². The molecule has 1 heterocycles. The number of nitrogens with zero attached hydrogens (tertiary/aromatic N) is 2. The van der Waals surface area contributed by atoms with Crippen LogP contribution in [0.5, 0.6) is 0 Å². The Morgan fingerprint density at radius 1 is 1.53 bits per heavy atom. The smallest absolute Gasteiger partial charge is 0.0643 e. The highest BCUT2D eigenvalue weighted by Gasteiger charge is 2.26. The molecule has 2 rings (SSSR count). The van der Waals surface area contributed by atoms with Crippen LogP contribution in [0, 0.1) is 18.3 Å². The summed E-state index contributed by atoms with van der Waals surface area (Å²) in [7, 11) is 0. The zero-order valence-electron chi connectivity index (χ0n) is 11.5. The first-order valence-electron chi connectivity index (χ1n) is 6.75. The van der Waals surface area contributed by atoms with E-state index in [1.165, 1.54) is 11.3 Å². The molecule has 0 aliphatic carbocycles. The van der Waals surface area contributed by atoms with Crippen molar-refractivity contribution in [2.45, 2.75) is 38.8 Å². The molecule has 0 spiro atoms. The predicted octanol–water partition coefficient (Wildman–Crippen LogP) is 3.23. The monoisotopic (exact) mass is 321 g/mol. The summed E-state index contributed by atoms with van der Waals surface area (Å²) >= 11 is 3.60. The molecule has 4 heteroatoms. The van der Waals surface area contributed by atoms with E-state index in [1.807, 2.05) is 0 Å². The minimum atomic E-state index is 0.247. The summed E-state index contributed by atoms with van der Waals surface area (Å²) in [5, 5.41) is 12.5. The number of hydrogen-bond acceptors (Lipinski definition) is 3. The minimum absolute atomic E-state index is 0.247. The molecular formula is C15H20BrN3. The van der Waals surface area contributed by atoms with Crippen molar-refractivity contribution in [2.24, 2.45) is 0 Å². The van der Waals surface area contributed by atoms with Gasteiger partial charge in [0, 0.05) is 22.7 Å². The summed E-state index contributed by atoms with van der Waals surface area (Å²) in [6.07, 6.45) is 1.66. The fourth-order valence-corrected chi connectivity index (χ4v) is 3.03. The largest absolute Gasteiger partial charge is 0.363 e. The first-order valence-corrected chi connectivity index (χ1v) is 7.55. The number of nitriles is 1. The van der Waals surface area contributed by atoms with Gasteiger partial charge in [0.2, 0.25) is 0 Å². The third kappa shape index (κ3) is 3.29. The normalized spacial score (nSPS) is 23.8. The number of halogens is 1. The number of hydrogen-bond donors (Lipinski definition) is 1. The molecule has 1 aliphatic heterocycles. The van der Waals surface area contributed by atoms with E-state index in [9.17, 15) is 0 Å². The lowest BCUT2D eigenvalue weighted by atomic mass is 10.1. The Labute approximate surface area is 123 Å². The van der Waals surface area contributed by atoms with E-state index < -0.39 is 0 Å². The lowest BCUT2D eigenvalue weighted by Gasteiger charge is -2.35. The van der Waals surface area contributed by atoms with E-state index in [1.54, 1.807) is 0 Å². The van der Waals surface area contributed by atoms with Crippen LogP contribution in [0.1, 0.15) is 25.3 Å². The van der Waals surface area contributed by atoms with E-state index in [0.29, 0.717) is 12.5 Å². The van der Waals surface area contributed by atoms with Crippen LogP contribution in [0.2, 0.25) is 0 Å². The third-order valence-electron chi connectivity index (χ3n) is 3.77. The average Bonchev–Trinajstić information content (AvgIpc) is 2.56. The van der Waals surface area contributed by atoms with Crippen molar-refractivity contribution in [1.82, 2.24) is 5.32 Å². The van der Waals surface area contributed by atoms with Crippen LogP contribution in [0.3, 0.4) is 0 Å². The van der Waals surface area contributed by atoms with Gasteiger partial charge in [-0.1, -0.05) is 22.0 Å². The van der Waals surface area contributed by atoms with Crippen molar-refractivity contribution >= 4 is 21.6 Å². The second-order valence-electron chi connectivity index (χ2n) is 5.20. The van der Waals surface area contributed by atoms with E-state index >= 15 is 0 Å². The lowest BCUT2D eigenvalue weighted by molar-refractivity contribution is 0.551. The molecule has 1 saturated heterocycles. The number of nitrogens with one attached hydrogen (secondary N) is 1. The number of aryl methyl sites for hydroxylation is 1. The van der Waals surface area contributed by atoms with Crippen molar-refractivity contribution in [3.8, 4) is 6.07 Å². The van der Waals surface area contributed by atoms with Crippen LogP contribution in [-0.2, 0) is 0 Å². The quantitative estimate of drug-likeness (QED) is 0.909. The van der Waals surface area contributed by atoms with Gasteiger partial charge in [0.1, 0.15) is 0 Å². The van der Waals surface area contributed by atoms with Gasteiger partial charge >= 0.3 is 0 Å². The van der Waals surface area contributed by atoms with E-state index in [-0.39, 0.29) is 6.04 Å². The van der Waals surface area contributed by atoms with E-state index in [0.717, 1.165) is 24.0 Å². The molecule has 0 bridgehead atoms. The molecule has 0 radical (unpaired) electrons. The predicted molar refractivity (Wildman–Crippen MR) is 82.3 cm³/mol. The van der Waals surface area contributed by atoms with Crippen molar-refractivity contribution in [3.63, 3.8) is 0 Å². The van der Waals surface area contributed by atoms with Gasteiger partial charge in [-0.25, -0.2) is 0 Å². The summed E-state index contributed by atoms with van der Waals surface area (Å²) < 4.78 is 1.13. The van der Waals surface area contributed by atoms with Gasteiger partial charge in [0.05, 0.1) is 18.5 Å². The Morgan fingerprint density at radius 3 is 3.00 bits per heavy atom. The molecule has 3 nitrogen and oxygen atoms in total. The molecular weight excluding hydrogens is 302 g/mol. The molecule has 0 saturated carbocycles. The second kappa shape index (κ2) is 6.40. The Morgan fingerprint density at radius 2 is 2.32 bits per heavy atom. The number of anilines is 1. The lowest BCUT2D eigenvalue weighted by Crippen LogP contribution is -2.43. The topological polar surface area (TPSA) is 39.1 Å². The standard InChI is InChI=1S/C15H20BrN3/c1-11-3-4-13(9-15(11)16)19-12(2)6-8-18-10-14(19)5-7-17/h3-4,9,12,14,18H,5-6,8,10H2,1-2H3. The molecule has 2 atom stereocenters. The third-order valence-corrected chi connectivity index (χ3v) is 4.62. The molecule has 2 unspecified atom stereocenters. The summed E-state index contributed by atoms with van der Waals surface area (Å²) in [5.41, 5.74) is 2.44. The maximum absolute atomic E-state index is 9.05. The highest BCUT2D eigenvalue weighted by Crippen LogP contribution is 2.28. The van der Waals surface area contributed by atoms with Crippen LogP contribution in [-0.4, -0.2) is 25.2 Å². The van der Waals surface area contributed by atoms with Crippen molar-refractivity contribution in [1.29, 1.82) is 5.26 Å². The highest BCUT2D eigenvalue weighted by atomic mass is 79.9. The van der Waals surface area contributed by atoms with Crippen LogP contribution in [0.4, 0.5) is 5.69 Å². The maximum Gasteiger partial charge on any atom is 0.0643 e. The summed E-state index contributed by atoms with van der Waals surface area (Å²) in [6.45, 7) is 6.23. The fourth-order valence-electron chi connectivity index (χ4n) is 2.66. The van der Waals surface area contributed by atoms with Gasteiger partial charge in [-0.3, -0.25) is 0 Å². The molecule has 102 valence electrons. The zero-order valence-corrected chi connectivity index (χ0v) is 13.1. The first kappa shape index (κ1) is 14.4.